The van der Waals surface area contributed by atoms with Gasteiger partial charge in [0.2, 0.25) is 5.88 Å². The van der Waals surface area contributed by atoms with Gasteiger partial charge in [0.25, 0.3) is 0 Å². The fraction of sp³-hybridized carbons (Fsp3) is 0.455. The Balaban J connectivity index is 2.53. The second kappa shape index (κ2) is 4.29. The lowest BCUT2D eigenvalue weighted by Crippen LogP contribution is -2.08. The summed E-state index contributed by atoms with van der Waals surface area (Å²) in [6.45, 7) is 0. The Hall–Kier alpha value is -1.29. The number of hydrogen-bond donors (Lipinski definition) is 0. The van der Waals surface area contributed by atoms with Gasteiger partial charge in [-0.1, -0.05) is 11.6 Å². The van der Waals surface area contributed by atoms with E-state index in [0.717, 1.165) is 18.4 Å². The van der Waals surface area contributed by atoms with Crippen molar-refractivity contribution in [3.05, 3.63) is 22.3 Å². The summed E-state index contributed by atoms with van der Waals surface area (Å²) in [4.78, 5) is 15.7. The minimum absolute atomic E-state index is 0.235. The number of nitrogens with zero attached hydrogens (tertiary/aromatic N) is 1. The van der Waals surface area contributed by atoms with E-state index in [1.165, 1.54) is 14.2 Å². The minimum Gasteiger partial charge on any atom is -0.480 e. The number of carbonyl (C=O) groups excluding carboxylic acids is 1. The molecule has 0 amide bonds. The lowest BCUT2D eigenvalue weighted by Gasteiger charge is -2.10. The van der Waals surface area contributed by atoms with Gasteiger partial charge in [-0.3, -0.25) is 0 Å². The molecule has 4 nitrogen and oxygen atoms in total. The third-order valence-corrected chi connectivity index (χ3v) is 2.97. The highest BCUT2D eigenvalue weighted by atomic mass is 35.5. The highest BCUT2D eigenvalue weighted by Gasteiger charge is 2.31. The largest absolute Gasteiger partial charge is 0.480 e. The van der Waals surface area contributed by atoms with Crippen LogP contribution in [0.3, 0.4) is 0 Å². The van der Waals surface area contributed by atoms with E-state index in [1.54, 1.807) is 6.20 Å². The number of esters is 1. The predicted octanol–water partition coefficient (Wildman–Crippen LogP) is 2.41. The highest BCUT2D eigenvalue weighted by Crippen LogP contribution is 2.44. The fourth-order valence-corrected chi connectivity index (χ4v) is 1.95. The molecule has 16 heavy (non-hydrogen) atoms. The molecule has 86 valence electrons. The van der Waals surface area contributed by atoms with Crippen molar-refractivity contribution in [2.75, 3.05) is 14.2 Å². The zero-order valence-electron chi connectivity index (χ0n) is 9.12. The van der Waals surface area contributed by atoms with Crippen molar-refractivity contribution in [3.63, 3.8) is 0 Å². The van der Waals surface area contributed by atoms with Crippen LogP contribution < -0.4 is 4.74 Å². The fourth-order valence-electron chi connectivity index (χ4n) is 1.64. The number of hydrogen-bond acceptors (Lipinski definition) is 4. The maximum absolute atomic E-state index is 11.7. The summed E-state index contributed by atoms with van der Waals surface area (Å²) in [5, 5.41) is 0.235. The van der Waals surface area contributed by atoms with Crippen LogP contribution in [0.25, 0.3) is 0 Å². The molecule has 0 aromatic carbocycles. The van der Waals surface area contributed by atoms with E-state index in [0.29, 0.717) is 11.5 Å². The number of methoxy groups -OCH3 is 2. The molecule has 0 unspecified atom stereocenters. The van der Waals surface area contributed by atoms with Crippen LogP contribution in [-0.2, 0) is 4.74 Å². The average molecular weight is 242 g/mol. The van der Waals surface area contributed by atoms with E-state index in [2.05, 4.69) is 4.98 Å². The van der Waals surface area contributed by atoms with E-state index < -0.39 is 5.97 Å². The summed E-state index contributed by atoms with van der Waals surface area (Å²) in [6, 6.07) is 0. The number of aromatic nitrogens is 1. The van der Waals surface area contributed by atoms with Gasteiger partial charge >= 0.3 is 5.97 Å². The Kier molecular flexibility index (Phi) is 3.01. The molecule has 0 radical (unpaired) electrons. The van der Waals surface area contributed by atoms with Crippen LogP contribution in [0.1, 0.15) is 34.7 Å². The molecule has 5 heteroatoms. The number of halogens is 1. The van der Waals surface area contributed by atoms with Crippen molar-refractivity contribution in [1.82, 2.24) is 4.98 Å². The van der Waals surface area contributed by atoms with Crippen LogP contribution in [0, 0.1) is 0 Å². The summed E-state index contributed by atoms with van der Waals surface area (Å²) < 4.78 is 9.71. The monoisotopic (exact) mass is 241 g/mol. The average Bonchev–Trinajstić information content (AvgIpc) is 3.11. The molecule has 1 aromatic rings. The van der Waals surface area contributed by atoms with Crippen LogP contribution in [0.4, 0.5) is 0 Å². The molecule has 1 heterocycles. The summed E-state index contributed by atoms with van der Waals surface area (Å²) >= 11 is 6.07. The van der Waals surface area contributed by atoms with Gasteiger partial charge in [0.15, 0.2) is 0 Å². The van der Waals surface area contributed by atoms with Gasteiger partial charge < -0.3 is 9.47 Å². The molecule has 0 bridgehead atoms. The molecule has 1 fully saturated rings. The molecule has 0 atom stereocenters. The van der Waals surface area contributed by atoms with E-state index in [4.69, 9.17) is 21.1 Å². The van der Waals surface area contributed by atoms with Gasteiger partial charge in [-0.05, 0) is 24.3 Å². The molecule has 1 aromatic heterocycles. The Bertz CT molecular complexity index is 429. The highest BCUT2D eigenvalue weighted by molar-refractivity contribution is 6.35. The van der Waals surface area contributed by atoms with Crippen LogP contribution in [0.15, 0.2) is 6.20 Å². The molecule has 0 spiro atoms. The van der Waals surface area contributed by atoms with Gasteiger partial charge in [-0.25, -0.2) is 9.78 Å². The molecule has 2 rings (SSSR count). The Morgan fingerprint density at radius 3 is 2.69 bits per heavy atom. The van der Waals surface area contributed by atoms with E-state index in [-0.39, 0.29) is 10.9 Å². The first-order chi connectivity index (χ1) is 7.69. The van der Waals surface area contributed by atoms with Crippen molar-refractivity contribution < 1.29 is 14.3 Å². The van der Waals surface area contributed by atoms with Crippen molar-refractivity contribution >= 4 is 17.6 Å². The lowest BCUT2D eigenvalue weighted by molar-refractivity contribution is 0.0599. The van der Waals surface area contributed by atoms with Crippen LogP contribution in [-0.4, -0.2) is 25.2 Å². The van der Waals surface area contributed by atoms with Crippen LogP contribution in [0.5, 0.6) is 5.88 Å². The second-order valence-corrected chi connectivity index (χ2v) is 4.06. The molecule has 1 saturated carbocycles. The maximum atomic E-state index is 11.7. The van der Waals surface area contributed by atoms with Crippen LogP contribution in [0.2, 0.25) is 5.02 Å². The lowest BCUT2D eigenvalue weighted by atomic mass is 10.1. The summed E-state index contributed by atoms with van der Waals surface area (Å²) in [5.74, 6) is 0.198. The molecule has 0 saturated heterocycles. The summed E-state index contributed by atoms with van der Waals surface area (Å²) in [7, 11) is 2.80. The number of carbonyl (C=O) groups is 1. The van der Waals surface area contributed by atoms with Gasteiger partial charge in [-0.2, -0.15) is 0 Å². The minimum atomic E-state index is -0.437. The van der Waals surface area contributed by atoms with Crippen molar-refractivity contribution in [2.45, 2.75) is 18.8 Å². The first-order valence-electron chi connectivity index (χ1n) is 4.99. The number of ether oxygens (including phenoxy) is 2. The molecule has 0 N–H and O–H groups in total. The normalized spacial score (nSPS) is 14.7. The van der Waals surface area contributed by atoms with Gasteiger partial charge in [-0.15, -0.1) is 0 Å². The quantitative estimate of drug-likeness (QED) is 0.763. The topological polar surface area (TPSA) is 48.4 Å². The van der Waals surface area contributed by atoms with E-state index in [1.807, 2.05) is 0 Å². The molecule has 0 aliphatic heterocycles. The summed E-state index contributed by atoms with van der Waals surface area (Å²) in [5.41, 5.74) is 1.25. The van der Waals surface area contributed by atoms with E-state index in [9.17, 15) is 4.79 Å². The van der Waals surface area contributed by atoms with Crippen LogP contribution >= 0.6 is 11.6 Å². The SMILES string of the molecule is COC(=O)c1c(C2CC2)cnc(OC)c1Cl. The number of rotatable bonds is 3. The first kappa shape index (κ1) is 11.2. The maximum Gasteiger partial charge on any atom is 0.339 e. The van der Waals surface area contributed by atoms with Gasteiger partial charge in [0.05, 0.1) is 19.8 Å². The third-order valence-electron chi connectivity index (χ3n) is 2.62. The Morgan fingerprint density at radius 2 is 2.19 bits per heavy atom. The van der Waals surface area contributed by atoms with E-state index >= 15 is 0 Å². The zero-order valence-corrected chi connectivity index (χ0v) is 9.87. The number of pyridine rings is 1. The van der Waals surface area contributed by atoms with Crippen molar-refractivity contribution in [2.24, 2.45) is 0 Å². The van der Waals surface area contributed by atoms with Crippen molar-refractivity contribution in [3.8, 4) is 5.88 Å². The van der Waals surface area contributed by atoms with Gasteiger partial charge in [0, 0.05) is 6.20 Å². The zero-order chi connectivity index (χ0) is 11.7. The third kappa shape index (κ3) is 1.85. The van der Waals surface area contributed by atoms with Crippen molar-refractivity contribution in [1.29, 1.82) is 0 Å². The molecule has 1 aliphatic rings. The predicted molar refractivity (Wildman–Crippen MR) is 59.1 cm³/mol. The molecular formula is C11H12ClNO3. The summed E-state index contributed by atoms with van der Waals surface area (Å²) in [6.07, 6.45) is 3.78. The smallest absolute Gasteiger partial charge is 0.339 e. The molecular weight excluding hydrogens is 230 g/mol. The molecule has 1 aliphatic carbocycles. The first-order valence-corrected chi connectivity index (χ1v) is 5.37. The standard InChI is InChI=1S/C11H12ClNO3/c1-15-10-9(12)8(11(14)16-2)7(5-13-10)6-3-4-6/h5-6H,3-4H2,1-2H3. The Labute approximate surface area is 98.5 Å². The van der Waals surface area contributed by atoms with Gasteiger partial charge in [0.1, 0.15) is 5.02 Å². The Morgan fingerprint density at radius 1 is 1.50 bits per heavy atom. The second-order valence-electron chi connectivity index (χ2n) is 3.68.